The van der Waals surface area contributed by atoms with E-state index >= 15 is 0 Å². The Morgan fingerprint density at radius 2 is 1.81 bits per heavy atom. The molecule has 1 aliphatic rings. The number of rotatable bonds is 1. The Morgan fingerprint density at radius 3 is 2.57 bits per heavy atom. The highest BCUT2D eigenvalue weighted by Crippen LogP contribution is 2.35. The Bertz CT molecular complexity index is 664. The van der Waals surface area contributed by atoms with Gasteiger partial charge in [0.2, 0.25) is 0 Å². The van der Waals surface area contributed by atoms with Crippen LogP contribution in [0.15, 0.2) is 42.5 Å². The van der Waals surface area contributed by atoms with Gasteiger partial charge in [0.1, 0.15) is 5.82 Å². The predicted molar refractivity (Wildman–Crippen MR) is 71.4 cm³/mol. The number of fused-ring (bicyclic) bond motifs is 1. The smallest absolute Gasteiger partial charge is 0.306 e. The van der Waals surface area contributed by atoms with Gasteiger partial charge >= 0.3 is 6.18 Å². The van der Waals surface area contributed by atoms with Crippen molar-refractivity contribution in [3.8, 4) is 0 Å². The average Bonchev–Trinajstić information content (AvgIpc) is 2.46. The molecule has 1 atom stereocenters. The summed E-state index contributed by atoms with van der Waals surface area (Å²) >= 11 is 0. The van der Waals surface area contributed by atoms with E-state index in [0.29, 0.717) is 12.1 Å². The molecule has 0 bridgehead atoms. The minimum Gasteiger partial charge on any atom is -0.306 e. The monoisotopic (exact) mass is 295 g/mol. The van der Waals surface area contributed by atoms with Crippen molar-refractivity contribution in [3.05, 3.63) is 70.5 Å². The van der Waals surface area contributed by atoms with Gasteiger partial charge in [0.05, 0.1) is 11.6 Å². The number of alkyl halides is 3. The molecule has 3 rings (SSSR count). The fourth-order valence-electron chi connectivity index (χ4n) is 2.74. The lowest BCUT2D eigenvalue weighted by molar-refractivity contribution is -0.140. The maximum atomic E-state index is 13.4. The summed E-state index contributed by atoms with van der Waals surface area (Å²) in [5, 5.41) is 3.20. The fourth-order valence-corrected chi connectivity index (χ4v) is 2.74. The van der Waals surface area contributed by atoms with E-state index in [2.05, 4.69) is 5.32 Å². The maximum Gasteiger partial charge on any atom is 0.419 e. The molecule has 1 N–H and O–H groups in total. The highest BCUT2D eigenvalue weighted by Gasteiger charge is 2.35. The zero-order valence-corrected chi connectivity index (χ0v) is 11.0. The van der Waals surface area contributed by atoms with Gasteiger partial charge in [-0.05, 0) is 35.2 Å². The molecule has 0 saturated heterocycles. The average molecular weight is 295 g/mol. The highest BCUT2D eigenvalue weighted by molar-refractivity contribution is 5.41. The van der Waals surface area contributed by atoms with Gasteiger partial charge in [-0.2, -0.15) is 13.2 Å². The molecule has 0 saturated carbocycles. The van der Waals surface area contributed by atoms with Crippen LogP contribution in [0.1, 0.15) is 28.3 Å². The van der Waals surface area contributed by atoms with Crippen LogP contribution in [0.3, 0.4) is 0 Å². The second-order valence-corrected chi connectivity index (χ2v) is 5.07. The molecular weight excluding hydrogens is 282 g/mol. The lowest BCUT2D eigenvalue weighted by Crippen LogP contribution is -2.30. The van der Waals surface area contributed by atoms with Crippen molar-refractivity contribution >= 4 is 0 Å². The van der Waals surface area contributed by atoms with Crippen LogP contribution in [0.4, 0.5) is 17.6 Å². The molecule has 1 unspecified atom stereocenters. The minimum atomic E-state index is -4.69. The zero-order chi connectivity index (χ0) is 15.0. The SMILES string of the molecule is Fc1ccc(C2NCCc3ccccc32)cc1C(F)(F)F. The van der Waals surface area contributed by atoms with E-state index < -0.39 is 17.6 Å². The normalized spacial score (nSPS) is 18.4. The number of hydrogen-bond acceptors (Lipinski definition) is 1. The standard InChI is InChI=1S/C16H13F4N/c17-14-6-5-11(9-13(14)16(18,19)20)15-12-4-2-1-3-10(12)7-8-21-15/h1-6,9,15,21H,7-8H2. The number of nitrogens with one attached hydrogen (secondary N) is 1. The third-order valence-electron chi connectivity index (χ3n) is 3.74. The number of halogens is 4. The Labute approximate surface area is 119 Å². The molecule has 0 spiro atoms. The van der Waals surface area contributed by atoms with Gasteiger partial charge in [-0.25, -0.2) is 4.39 Å². The van der Waals surface area contributed by atoms with Gasteiger partial charge in [0.15, 0.2) is 0 Å². The molecule has 0 aliphatic carbocycles. The predicted octanol–water partition coefficient (Wildman–Crippen LogP) is 4.08. The van der Waals surface area contributed by atoms with Crippen LogP contribution in [0.25, 0.3) is 0 Å². The molecule has 21 heavy (non-hydrogen) atoms. The lowest BCUT2D eigenvalue weighted by atomic mass is 9.89. The van der Waals surface area contributed by atoms with Gasteiger partial charge in [-0.15, -0.1) is 0 Å². The van der Waals surface area contributed by atoms with Gasteiger partial charge < -0.3 is 5.32 Å². The summed E-state index contributed by atoms with van der Waals surface area (Å²) in [5.74, 6) is -1.24. The Hall–Kier alpha value is -1.88. The van der Waals surface area contributed by atoms with Crippen molar-refractivity contribution in [2.75, 3.05) is 6.54 Å². The lowest BCUT2D eigenvalue weighted by Gasteiger charge is -2.27. The highest BCUT2D eigenvalue weighted by atomic mass is 19.4. The van der Waals surface area contributed by atoms with Crippen molar-refractivity contribution in [2.24, 2.45) is 0 Å². The molecule has 0 aromatic heterocycles. The quantitative estimate of drug-likeness (QED) is 0.782. The second-order valence-electron chi connectivity index (χ2n) is 5.07. The number of benzene rings is 2. The van der Waals surface area contributed by atoms with Crippen LogP contribution in [0, 0.1) is 5.82 Å². The summed E-state index contributed by atoms with van der Waals surface area (Å²) < 4.78 is 51.9. The minimum absolute atomic E-state index is 0.336. The third kappa shape index (κ3) is 2.65. The molecule has 5 heteroatoms. The first-order chi connectivity index (χ1) is 9.97. The first kappa shape index (κ1) is 14.1. The summed E-state index contributed by atoms with van der Waals surface area (Å²) in [7, 11) is 0. The van der Waals surface area contributed by atoms with E-state index in [1.54, 1.807) is 0 Å². The summed E-state index contributed by atoms with van der Waals surface area (Å²) in [4.78, 5) is 0. The molecule has 0 fully saturated rings. The van der Waals surface area contributed by atoms with Crippen molar-refractivity contribution < 1.29 is 17.6 Å². The van der Waals surface area contributed by atoms with E-state index in [1.807, 2.05) is 24.3 Å². The Morgan fingerprint density at radius 1 is 1.05 bits per heavy atom. The second kappa shape index (κ2) is 5.15. The third-order valence-corrected chi connectivity index (χ3v) is 3.74. The van der Waals surface area contributed by atoms with E-state index in [0.717, 1.165) is 29.7 Å². The van der Waals surface area contributed by atoms with Crippen LogP contribution >= 0.6 is 0 Å². The largest absolute Gasteiger partial charge is 0.419 e. The zero-order valence-electron chi connectivity index (χ0n) is 11.0. The molecular formula is C16H13F4N. The molecule has 0 radical (unpaired) electrons. The van der Waals surface area contributed by atoms with E-state index in [9.17, 15) is 17.6 Å². The first-order valence-electron chi connectivity index (χ1n) is 6.64. The number of hydrogen-bond donors (Lipinski definition) is 1. The van der Waals surface area contributed by atoms with Crippen LogP contribution in [-0.2, 0) is 12.6 Å². The summed E-state index contributed by atoms with van der Waals surface area (Å²) in [6, 6.07) is 10.5. The first-order valence-corrected chi connectivity index (χ1v) is 6.64. The van der Waals surface area contributed by atoms with Crippen molar-refractivity contribution in [3.63, 3.8) is 0 Å². The van der Waals surface area contributed by atoms with Crippen molar-refractivity contribution in [1.82, 2.24) is 5.32 Å². The molecule has 2 aromatic rings. The fraction of sp³-hybridized carbons (Fsp3) is 0.250. The maximum absolute atomic E-state index is 13.4. The molecule has 110 valence electrons. The summed E-state index contributed by atoms with van der Waals surface area (Å²) in [6.45, 7) is 0.681. The molecule has 1 nitrogen and oxygen atoms in total. The van der Waals surface area contributed by atoms with Crippen LogP contribution < -0.4 is 5.32 Å². The van der Waals surface area contributed by atoms with Crippen molar-refractivity contribution in [2.45, 2.75) is 18.6 Å². The summed E-state index contributed by atoms with van der Waals surface area (Å²) in [5.41, 5.74) is 1.27. The van der Waals surface area contributed by atoms with E-state index in [-0.39, 0.29) is 6.04 Å². The van der Waals surface area contributed by atoms with Crippen molar-refractivity contribution in [1.29, 1.82) is 0 Å². The van der Waals surface area contributed by atoms with Gasteiger partial charge in [-0.1, -0.05) is 30.3 Å². The van der Waals surface area contributed by atoms with Crippen LogP contribution in [-0.4, -0.2) is 6.54 Å². The summed E-state index contributed by atoms with van der Waals surface area (Å²) in [6.07, 6.45) is -3.85. The Kier molecular flexibility index (Phi) is 3.45. The van der Waals surface area contributed by atoms with E-state index in [1.165, 1.54) is 6.07 Å². The van der Waals surface area contributed by atoms with Crippen LogP contribution in [0.5, 0.6) is 0 Å². The molecule has 0 amide bonds. The Balaban J connectivity index is 2.07. The van der Waals surface area contributed by atoms with Gasteiger partial charge in [-0.3, -0.25) is 0 Å². The van der Waals surface area contributed by atoms with Crippen LogP contribution in [0.2, 0.25) is 0 Å². The van der Waals surface area contributed by atoms with Gasteiger partial charge in [0, 0.05) is 6.54 Å². The van der Waals surface area contributed by atoms with Gasteiger partial charge in [0.25, 0.3) is 0 Å². The molecule has 1 heterocycles. The topological polar surface area (TPSA) is 12.0 Å². The molecule has 1 aliphatic heterocycles. The molecule has 2 aromatic carbocycles. The van der Waals surface area contributed by atoms with E-state index in [4.69, 9.17) is 0 Å².